The van der Waals surface area contributed by atoms with Gasteiger partial charge >= 0.3 is 0 Å². The Morgan fingerprint density at radius 3 is 1.78 bits per heavy atom. The van der Waals surface area contributed by atoms with Crippen molar-refractivity contribution in [2.24, 2.45) is 0 Å². The molecule has 0 unspecified atom stereocenters. The molecule has 9 rings (SSSR count). The van der Waals surface area contributed by atoms with Crippen molar-refractivity contribution in [1.82, 2.24) is 9.97 Å². The van der Waals surface area contributed by atoms with Gasteiger partial charge in [-0.05, 0) is 77.9 Å². The number of benzene rings is 6. The van der Waals surface area contributed by atoms with Gasteiger partial charge in [0.25, 0.3) is 0 Å². The molecule has 0 aliphatic carbocycles. The number of rotatable bonds is 4. The summed E-state index contributed by atoms with van der Waals surface area (Å²) in [7, 11) is 0. The second-order valence-electron chi connectivity index (χ2n) is 13.2. The predicted octanol–water partition coefficient (Wildman–Crippen LogP) is 9.34. The van der Waals surface area contributed by atoms with Gasteiger partial charge in [-0.25, -0.2) is 0 Å². The van der Waals surface area contributed by atoms with Crippen LogP contribution >= 0.6 is 0 Å². The molecule has 0 atom stereocenters. The van der Waals surface area contributed by atoms with Crippen molar-refractivity contribution in [3.63, 3.8) is 0 Å². The van der Waals surface area contributed by atoms with E-state index >= 15 is 0 Å². The Morgan fingerprint density at radius 1 is 0.490 bits per heavy atom. The summed E-state index contributed by atoms with van der Waals surface area (Å²) in [6.07, 6.45) is 3.85. The summed E-state index contributed by atoms with van der Waals surface area (Å²) >= 11 is 0. The first-order valence-corrected chi connectivity index (χ1v) is 16.9. The van der Waals surface area contributed by atoms with Crippen molar-refractivity contribution in [1.29, 1.82) is 0 Å². The number of aryl methyl sites for hydroxylation is 3. The highest BCUT2D eigenvalue weighted by Crippen LogP contribution is 2.41. The summed E-state index contributed by atoms with van der Waals surface area (Å²) in [4.78, 5) is 12.3. The topological polar surface area (TPSA) is 29.0 Å². The summed E-state index contributed by atoms with van der Waals surface area (Å²) in [5, 5.41) is 4.70. The van der Waals surface area contributed by atoms with Crippen LogP contribution in [0, 0.1) is 20.8 Å². The van der Waals surface area contributed by atoms with Crippen LogP contribution < -0.4 is 21.3 Å². The van der Waals surface area contributed by atoms with E-state index in [0.717, 1.165) is 33.3 Å². The highest BCUT2D eigenvalue weighted by atomic mass is 15.2. The number of anilines is 3. The van der Waals surface area contributed by atoms with Crippen molar-refractivity contribution < 1.29 is 0 Å². The molecule has 0 saturated carbocycles. The minimum atomic E-state index is -0.00152. The lowest BCUT2D eigenvalue weighted by molar-refractivity contribution is 1.21. The molecule has 4 heteroatoms. The van der Waals surface area contributed by atoms with E-state index in [2.05, 4.69) is 165 Å². The van der Waals surface area contributed by atoms with Gasteiger partial charge in [-0.15, -0.1) is 0 Å². The van der Waals surface area contributed by atoms with Crippen molar-refractivity contribution in [2.45, 2.75) is 20.8 Å². The molecular weight excluding hydrogens is 593 g/mol. The first-order chi connectivity index (χ1) is 24.0. The maximum atomic E-state index is 4.94. The highest BCUT2D eigenvalue weighted by molar-refractivity contribution is 6.98. The van der Waals surface area contributed by atoms with E-state index < -0.39 is 0 Å². The van der Waals surface area contributed by atoms with Gasteiger partial charge in [0.2, 0.25) is 6.71 Å². The molecule has 0 fully saturated rings. The van der Waals surface area contributed by atoms with Crippen LogP contribution in [0.15, 0.2) is 152 Å². The lowest BCUT2D eigenvalue weighted by Crippen LogP contribution is -2.57. The molecule has 3 nitrogen and oxygen atoms in total. The van der Waals surface area contributed by atoms with Crippen LogP contribution in [0.5, 0.6) is 0 Å². The maximum Gasteiger partial charge on any atom is 0.246 e. The van der Waals surface area contributed by atoms with Crippen molar-refractivity contribution in [3.05, 3.63) is 169 Å². The predicted molar refractivity (Wildman–Crippen MR) is 208 cm³/mol. The third-order valence-electron chi connectivity index (χ3n) is 10.0. The first-order valence-electron chi connectivity index (χ1n) is 16.9. The molecule has 0 spiro atoms. The quantitative estimate of drug-likeness (QED) is 0.182. The molecule has 0 bridgehead atoms. The van der Waals surface area contributed by atoms with Crippen LogP contribution in [0.2, 0.25) is 0 Å². The summed E-state index contributed by atoms with van der Waals surface area (Å²) in [6.45, 7) is 6.65. The van der Waals surface area contributed by atoms with Gasteiger partial charge in [-0.3, -0.25) is 9.97 Å². The Balaban J connectivity index is 1.31. The molecule has 6 aromatic carbocycles. The van der Waals surface area contributed by atoms with Gasteiger partial charge in [0.05, 0.1) is 17.1 Å². The summed E-state index contributed by atoms with van der Waals surface area (Å²) < 4.78 is 0. The fraction of sp³-hybridized carbons (Fsp3) is 0.0667. The van der Waals surface area contributed by atoms with Crippen molar-refractivity contribution >= 4 is 61.7 Å². The minimum Gasteiger partial charge on any atom is -0.311 e. The van der Waals surface area contributed by atoms with Crippen LogP contribution in [0.3, 0.4) is 0 Å². The average molecular weight is 628 g/mol. The van der Waals surface area contributed by atoms with Gasteiger partial charge < -0.3 is 4.90 Å². The lowest BCUT2D eigenvalue weighted by atomic mass is 9.35. The van der Waals surface area contributed by atoms with Gasteiger partial charge in [0.1, 0.15) is 0 Å². The van der Waals surface area contributed by atoms with E-state index in [1.807, 2.05) is 12.4 Å². The van der Waals surface area contributed by atoms with Gasteiger partial charge in [-0.2, -0.15) is 0 Å². The number of pyridine rings is 2. The van der Waals surface area contributed by atoms with Crippen molar-refractivity contribution in [3.8, 4) is 22.5 Å². The van der Waals surface area contributed by atoms with Gasteiger partial charge in [-0.1, -0.05) is 126 Å². The van der Waals surface area contributed by atoms with Crippen LogP contribution in [-0.4, -0.2) is 16.7 Å². The lowest BCUT2D eigenvalue weighted by Gasteiger charge is -2.39. The fourth-order valence-corrected chi connectivity index (χ4v) is 8.06. The van der Waals surface area contributed by atoms with Crippen LogP contribution in [-0.2, 0) is 0 Å². The molecule has 8 aromatic rings. The summed E-state index contributed by atoms with van der Waals surface area (Å²) in [6, 6.07) is 50.7. The zero-order chi connectivity index (χ0) is 33.1. The zero-order valence-corrected chi connectivity index (χ0v) is 27.9. The summed E-state index contributed by atoms with van der Waals surface area (Å²) in [5.41, 5.74) is 15.5. The molecule has 1 aliphatic heterocycles. The standard InChI is InChI=1S/C45H34BN3/c1-29-25-30(2)45(31(3)26-29)49-41-18-9-8-17-39(41)46(36-14-10-13-34(27-36)43-37-15-6-4-11-32(37)21-23-47-43)40-28-35(19-20-42(40)49)44-38-16-7-5-12-33(38)22-24-48-44/h4-28H,1-3H3. The van der Waals surface area contributed by atoms with E-state index in [1.54, 1.807) is 0 Å². The molecule has 0 N–H and O–H groups in total. The Kier molecular flexibility index (Phi) is 6.91. The first kappa shape index (κ1) is 29.2. The normalized spacial score (nSPS) is 12.3. The molecule has 0 amide bonds. The van der Waals surface area contributed by atoms with Crippen LogP contribution in [0.4, 0.5) is 17.1 Å². The molecule has 3 heterocycles. The number of aromatic nitrogens is 2. The number of hydrogen-bond donors (Lipinski definition) is 0. The second kappa shape index (κ2) is 11.6. The number of hydrogen-bond acceptors (Lipinski definition) is 3. The monoisotopic (exact) mass is 627 g/mol. The number of nitrogens with zero attached hydrogens (tertiary/aromatic N) is 3. The molecule has 232 valence electrons. The highest BCUT2D eigenvalue weighted by Gasteiger charge is 2.36. The fourth-order valence-electron chi connectivity index (χ4n) is 8.06. The Bertz CT molecular complexity index is 2540. The SMILES string of the molecule is Cc1cc(C)c(N2c3ccccc3B(c3cccc(-c4nccc5ccccc45)c3)c3cc(-c4nccc5ccccc45)ccc32)c(C)c1. The largest absolute Gasteiger partial charge is 0.311 e. The molecule has 0 saturated heterocycles. The number of para-hydroxylation sites is 1. The molecule has 1 aliphatic rings. The Morgan fingerprint density at radius 2 is 1.08 bits per heavy atom. The van der Waals surface area contributed by atoms with E-state index in [1.165, 1.54) is 60.9 Å². The van der Waals surface area contributed by atoms with E-state index in [4.69, 9.17) is 9.97 Å². The number of fused-ring (bicyclic) bond motifs is 4. The Labute approximate surface area is 287 Å². The van der Waals surface area contributed by atoms with Crippen molar-refractivity contribution in [2.75, 3.05) is 4.90 Å². The van der Waals surface area contributed by atoms with E-state index in [9.17, 15) is 0 Å². The Hall–Kier alpha value is -6.00. The second-order valence-corrected chi connectivity index (χ2v) is 13.2. The molecule has 49 heavy (non-hydrogen) atoms. The maximum absolute atomic E-state index is 4.94. The molecule has 2 aromatic heterocycles. The van der Waals surface area contributed by atoms with E-state index in [-0.39, 0.29) is 6.71 Å². The van der Waals surface area contributed by atoms with Gasteiger partial charge in [0.15, 0.2) is 0 Å². The van der Waals surface area contributed by atoms with Crippen LogP contribution in [0.25, 0.3) is 44.1 Å². The average Bonchev–Trinajstić information content (AvgIpc) is 3.13. The third-order valence-corrected chi connectivity index (χ3v) is 10.0. The van der Waals surface area contributed by atoms with Gasteiger partial charge in [0, 0.05) is 45.7 Å². The smallest absolute Gasteiger partial charge is 0.246 e. The minimum absolute atomic E-state index is 0.00152. The zero-order valence-electron chi connectivity index (χ0n) is 27.9. The third kappa shape index (κ3) is 4.83. The summed E-state index contributed by atoms with van der Waals surface area (Å²) in [5.74, 6) is 0. The molecule has 0 radical (unpaired) electrons. The van der Waals surface area contributed by atoms with E-state index in [0.29, 0.717) is 0 Å². The molecular formula is C45H34BN3. The van der Waals surface area contributed by atoms with Crippen LogP contribution in [0.1, 0.15) is 16.7 Å².